The van der Waals surface area contributed by atoms with E-state index in [0.717, 1.165) is 3.57 Å². The van der Waals surface area contributed by atoms with E-state index in [-0.39, 0.29) is 21.2 Å². The molecule has 2 aromatic carbocycles. The summed E-state index contributed by atoms with van der Waals surface area (Å²) in [5.41, 5.74) is 0.678. The van der Waals surface area contributed by atoms with E-state index in [1.165, 1.54) is 22.8 Å². The summed E-state index contributed by atoms with van der Waals surface area (Å²) in [5, 5.41) is 0.780. The Bertz CT molecular complexity index is 1260. The molecule has 3 rings (SSSR count). The van der Waals surface area contributed by atoms with Gasteiger partial charge in [-0.3, -0.25) is 4.79 Å². The zero-order valence-electron chi connectivity index (χ0n) is 15.4. The Morgan fingerprint density at radius 1 is 1.03 bits per heavy atom. The minimum atomic E-state index is -3.45. The van der Waals surface area contributed by atoms with Crippen molar-refractivity contribution in [2.24, 2.45) is 7.05 Å². The predicted molar refractivity (Wildman–Crippen MR) is 124 cm³/mol. The number of hydrogen-bond donors (Lipinski definition) is 0. The molecule has 3 aromatic rings. The van der Waals surface area contributed by atoms with Crippen LogP contribution in [0, 0.1) is 3.57 Å². The molecule has 0 radical (unpaired) electrons. The van der Waals surface area contributed by atoms with E-state index in [2.05, 4.69) is 22.6 Å². The van der Waals surface area contributed by atoms with Crippen LogP contribution in [0.15, 0.2) is 58.4 Å². The van der Waals surface area contributed by atoms with Crippen molar-refractivity contribution in [2.45, 2.75) is 11.8 Å². The van der Waals surface area contributed by atoms with Crippen molar-refractivity contribution in [3.8, 4) is 22.6 Å². The van der Waals surface area contributed by atoms with E-state index in [4.69, 9.17) is 27.9 Å². The Hall–Kier alpha value is -1.55. The fourth-order valence-corrected chi connectivity index (χ4v) is 4.78. The van der Waals surface area contributed by atoms with E-state index in [9.17, 15) is 13.2 Å². The van der Waals surface area contributed by atoms with Gasteiger partial charge in [0.25, 0.3) is 5.56 Å². The summed E-state index contributed by atoms with van der Waals surface area (Å²) in [6, 6.07) is 11.1. The van der Waals surface area contributed by atoms with Crippen LogP contribution in [0.2, 0.25) is 10.0 Å². The summed E-state index contributed by atoms with van der Waals surface area (Å²) < 4.78 is 33.0. The van der Waals surface area contributed by atoms with Gasteiger partial charge in [0.1, 0.15) is 11.5 Å². The van der Waals surface area contributed by atoms with Crippen LogP contribution in [0.5, 0.6) is 11.5 Å². The summed E-state index contributed by atoms with van der Waals surface area (Å²) in [5.74, 6) is 0.923. The fourth-order valence-electron chi connectivity index (χ4n) is 2.65. The molecule has 9 heteroatoms. The Balaban J connectivity index is 2.23. The van der Waals surface area contributed by atoms with Crippen LogP contribution in [0.1, 0.15) is 6.92 Å². The topological polar surface area (TPSA) is 65.4 Å². The van der Waals surface area contributed by atoms with Gasteiger partial charge in [0.15, 0.2) is 9.84 Å². The van der Waals surface area contributed by atoms with Crippen LogP contribution in [0.4, 0.5) is 0 Å². The van der Waals surface area contributed by atoms with Crippen LogP contribution in [-0.4, -0.2) is 18.7 Å². The first kappa shape index (κ1) is 22.1. The Labute approximate surface area is 192 Å². The lowest BCUT2D eigenvalue weighted by Crippen LogP contribution is -2.15. The van der Waals surface area contributed by atoms with Crippen LogP contribution in [-0.2, 0) is 16.9 Å². The van der Waals surface area contributed by atoms with Gasteiger partial charge in [-0.25, -0.2) is 8.42 Å². The summed E-state index contributed by atoms with van der Waals surface area (Å²) in [7, 11) is -1.85. The minimum Gasteiger partial charge on any atom is -0.456 e. The SMILES string of the molecule is CCS(=O)(=O)c1ccc(Oc2ccc(Cl)cc2I)c(-c2cn(C)c(=O)cc2Cl)c1. The van der Waals surface area contributed by atoms with Gasteiger partial charge in [-0.15, -0.1) is 0 Å². The highest BCUT2D eigenvalue weighted by atomic mass is 127. The van der Waals surface area contributed by atoms with Crippen LogP contribution < -0.4 is 10.3 Å². The zero-order chi connectivity index (χ0) is 21.3. The second-order valence-electron chi connectivity index (χ2n) is 6.22. The number of pyridine rings is 1. The van der Waals surface area contributed by atoms with Crippen molar-refractivity contribution in [1.82, 2.24) is 4.57 Å². The molecule has 29 heavy (non-hydrogen) atoms. The molecule has 0 spiro atoms. The lowest BCUT2D eigenvalue weighted by atomic mass is 10.1. The molecule has 5 nitrogen and oxygen atoms in total. The van der Waals surface area contributed by atoms with Gasteiger partial charge in [0, 0.05) is 35.5 Å². The van der Waals surface area contributed by atoms with Gasteiger partial charge in [0.2, 0.25) is 0 Å². The zero-order valence-corrected chi connectivity index (χ0v) is 19.9. The lowest BCUT2D eigenvalue weighted by molar-refractivity contribution is 0.480. The first-order chi connectivity index (χ1) is 13.6. The molecule has 0 atom stereocenters. The average Bonchev–Trinajstić information content (AvgIpc) is 2.67. The smallest absolute Gasteiger partial charge is 0.251 e. The molecule has 1 aromatic heterocycles. The molecule has 0 saturated carbocycles. The maximum Gasteiger partial charge on any atom is 0.251 e. The number of hydrogen-bond acceptors (Lipinski definition) is 4. The number of sulfone groups is 1. The minimum absolute atomic E-state index is 0.0390. The molecular weight excluding hydrogens is 548 g/mol. The quantitative estimate of drug-likeness (QED) is 0.382. The first-order valence-corrected chi connectivity index (χ1v) is 12.0. The van der Waals surface area contributed by atoms with Gasteiger partial charge in [-0.1, -0.05) is 30.1 Å². The third-order valence-corrected chi connectivity index (χ3v) is 7.40. The van der Waals surface area contributed by atoms with Crippen LogP contribution in [0.3, 0.4) is 0 Å². The van der Waals surface area contributed by atoms with Crippen molar-refractivity contribution in [3.05, 3.63) is 72.6 Å². The van der Waals surface area contributed by atoms with Gasteiger partial charge >= 0.3 is 0 Å². The van der Waals surface area contributed by atoms with Gasteiger partial charge < -0.3 is 9.30 Å². The van der Waals surface area contributed by atoms with E-state index >= 15 is 0 Å². The molecule has 0 N–H and O–H groups in total. The lowest BCUT2D eigenvalue weighted by Gasteiger charge is -2.16. The molecule has 152 valence electrons. The predicted octanol–water partition coefficient (Wildman–Crippen LogP) is 5.55. The Kier molecular flexibility index (Phi) is 6.62. The molecule has 0 aliphatic heterocycles. The number of aromatic nitrogens is 1. The van der Waals surface area contributed by atoms with Gasteiger partial charge in [0.05, 0.1) is 19.2 Å². The van der Waals surface area contributed by atoms with Crippen LogP contribution in [0.25, 0.3) is 11.1 Å². The van der Waals surface area contributed by atoms with E-state index in [1.54, 1.807) is 44.4 Å². The van der Waals surface area contributed by atoms with E-state index < -0.39 is 9.84 Å². The molecule has 0 aliphatic rings. The summed E-state index contributed by atoms with van der Waals surface area (Å²) in [6.07, 6.45) is 1.56. The molecule has 1 heterocycles. The fraction of sp³-hybridized carbons (Fsp3) is 0.150. The summed E-state index contributed by atoms with van der Waals surface area (Å²) in [6.45, 7) is 1.58. The average molecular weight is 564 g/mol. The normalized spacial score (nSPS) is 11.5. The third-order valence-electron chi connectivity index (χ3n) is 4.27. The second-order valence-corrected chi connectivity index (χ2v) is 10.5. The van der Waals surface area contributed by atoms with Gasteiger partial charge in [-0.05, 0) is 59.0 Å². The molecular formula is C20H16Cl2INO4S. The summed E-state index contributed by atoms with van der Waals surface area (Å²) in [4.78, 5) is 12.0. The van der Waals surface area contributed by atoms with Crippen molar-refractivity contribution < 1.29 is 13.2 Å². The van der Waals surface area contributed by atoms with E-state index in [1.807, 2.05) is 0 Å². The highest BCUT2D eigenvalue weighted by Gasteiger charge is 2.19. The molecule has 0 unspecified atom stereocenters. The van der Waals surface area contributed by atoms with E-state index in [0.29, 0.717) is 27.6 Å². The largest absolute Gasteiger partial charge is 0.456 e. The molecule has 0 fully saturated rings. The third kappa shape index (κ3) is 4.79. The summed E-state index contributed by atoms with van der Waals surface area (Å²) >= 11 is 14.4. The molecule has 0 aliphatic carbocycles. The van der Waals surface area contributed by atoms with Crippen molar-refractivity contribution in [3.63, 3.8) is 0 Å². The number of nitrogens with zero attached hydrogens (tertiary/aromatic N) is 1. The molecule has 0 saturated heterocycles. The second kappa shape index (κ2) is 8.67. The van der Waals surface area contributed by atoms with Crippen molar-refractivity contribution in [2.75, 3.05) is 5.75 Å². The number of ether oxygens (including phenoxy) is 1. The Morgan fingerprint density at radius 2 is 1.72 bits per heavy atom. The number of aryl methyl sites for hydroxylation is 1. The van der Waals surface area contributed by atoms with Crippen LogP contribution >= 0.6 is 45.8 Å². The highest BCUT2D eigenvalue weighted by molar-refractivity contribution is 14.1. The van der Waals surface area contributed by atoms with Gasteiger partial charge in [-0.2, -0.15) is 0 Å². The number of halogens is 3. The molecule has 0 bridgehead atoms. The number of benzene rings is 2. The van der Waals surface area contributed by atoms with Crippen molar-refractivity contribution >= 4 is 55.6 Å². The highest BCUT2D eigenvalue weighted by Crippen LogP contribution is 2.39. The monoisotopic (exact) mass is 563 g/mol. The van der Waals surface area contributed by atoms with Crippen molar-refractivity contribution in [1.29, 1.82) is 0 Å². The maximum atomic E-state index is 12.4. The Morgan fingerprint density at radius 3 is 2.38 bits per heavy atom. The number of rotatable bonds is 5. The maximum absolute atomic E-state index is 12.4. The first-order valence-electron chi connectivity index (χ1n) is 8.48. The molecule has 0 amide bonds. The standard InChI is InChI=1S/C20H16Cl2INO4S/c1-3-29(26,27)13-5-7-18(28-19-6-4-12(21)8-17(19)23)14(9-13)15-11-24(2)20(25)10-16(15)22/h4-11H,3H2,1-2H3.